The molecule has 0 bridgehead atoms. The second kappa shape index (κ2) is 10.7. The largest absolute Gasteiger partial charge is 0.496 e. The Kier molecular flexibility index (Phi) is 8.30. The number of hydrogen-bond acceptors (Lipinski definition) is 4. The molecule has 7 heteroatoms. The van der Waals surface area contributed by atoms with Crippen LogP contribution in [-0.4, -0.2) is 30.7 Å². The summed E-state index contributed by atoms with van der Waals surface area (Å²) in [6, 6.07) is 1.79. The van der Waals surface area contributed by atoms with E-state index in [1.165, 1.54) is 13.4 Å². The van der Waals surface area contributed by atoms with Crippen molar-refractivity contribution in [1.82, 2.24) is 0 Å². The Hall–Kier alpha value is -2.77. The zero-order valence-corrected chi connectivity index (χ0v) is 17.2. The number of allylic oxidation sites excluding steroid dienone is 1. The number of alkyl halides is 2. The molecule has 2 rings (SSSR count). The van der Waals surface area contributed by atoms with E-state index >= 15 is 0 Å². The molecular formula is C22H23F2NO3S. The maximum atomic E-state index is 13.5. The Morgan fingerprint density at radius 1 is 1.34 bits per heavy atom. The number of halogens is 2. The van der Waals surface area contributed by atoms with Crippen molar-refractivity contribution >= 4 is 23.0 Å². The number of aromatic carboxylic acids is 1. The van der Waals surface area contributed by atoms with Crippen LogP contribution in [0.2, 0.25) is 0 Å². The monoisotopic (exact) mass is 419 g/mol. The summed E-state index contributed by atoms with van der Waals surface area (Å²) in [6.45, 7) is 2.15. The van der Waals surface area contributed by atoms with Crippen LogP contribution in [-0.2, 0) is 4.74 Å². The molecule has 0 amide bonds. The van der Waals surface area contributed by atoms with E-state index in [2.05, 4.69) is 22.9 Å². The molecular weight excluding hydrogens is 396 g/mol. The van der Waals surface area contributed by atoms with E-state index in [1.54, 1.807) is 29.3 Å². The van der Waals surface area contributed by atoms with E-state index in [9.17, 15) is 18.7 Å². The average Bonchev–Trinajstić information content (AvgIpc) is 3.12. The highest BCUT2D eigenvalue weighted by Gasteiger charge is 2.36. The van der Waals surface area contributed by atoms with Gasteiger partial charge in [0.05, 0.1) is 19.0 Å². The van der Waals surface area contributed by atoms with Gasteiger partial charge in [0.1, 0.15) is 11.1 Å². The van der Waals surface area contributed by atoms with Crippen molar-refractivity contribution in [3.05, 3.63) is 63.4 Å². The molecule has 1 heterocycles. The Morgan fingerprint density at radius 3 is 2.69 bits per heavy atom. The molecule has 154 valence electrons. The zero-order chi connectivity index (χ0) is 21.3. The number of carboxylic acid groups (broad SMARTS) is 1. The van der Waals surface area contributed by atoms with Gasteiger partial charge >= 0.3 is 5.97 Å². The van der Waals surface area contributed by atoms with Gasteiger partial charge < -0.3 is 14.7 Å². The van der Waals surface area contributed by atoms with Crippen molar-refractivity contribution in [2.24, 2.45) is 0 Å². The smallest absolute Gasteiger partial charge is 0.348 e. The van der Waals surface area contributed by atoms with Gasteiger partial charge in [0.15, 0.2) is 0 Å². The lowest BCUT2D eigenvalue weighted by Gasteiger charge is -2.27. The van der Waals surface area contributed by atoms with Crippen molar-refractivity contribution in [2.75, 3.05) is 18.6 Å². The van der Waals surface area contributed by atoms with Crippen LogP contribution in [0.15, 0.2) is 53.6 Å². The average molecular weight is 419 g/mol. The fourth-order valence-corrected chi connectivity index (χ4v) is 4.18. The van der Waals surface area contributed by atoms with E-state index in [4.69, 9.17) is 4.74 Å². The molecule has 1 fully saturated rings. The van der Waals surface area contributed by atoms with Crippen molar-refractivity contribution in [3.63, 3.8) is 0 Å². The van der Waals surface area contributed by atoms with Gasteiger partial charge in [0.25, 0.3) is 0 Å². The highest BCUT2D eigenvalue weighted by molar-refractivity contribution is 7.14. The van der Waals surface area contributed by atoms with Crippen LogP contribution in [0.3, 0.4) is 0 Å². The summed E-state index contributed by atoms with van der Waals surface area (Å²) in [5.74, 6) is -3.73. The van der Waals surface area contributed by atoms with Gasteiger partial charge in [-0.15, -0.1) is 11.3 Å². The summed E-state index contributed by atoms with van der Waals surface area (Å²) in [5.41, 5.74) is 11.7. The number of rotatable bonds is 7. The number of carbonyl (C=O) groups is 1. The molecule has 0 atom stereocenters. The molecule has 0 saturated heterocycles. The van der Waals surface area contributed by atoms with Crippen LogP contribution < -0.4 is 4.90 Å². The van der Waals surface area contributed by atoms with Gasteiger partial charge in [0.2, 0.25) is 5.92 Å². The first kappa shape index (κ1) is 22.5. The maximum absolute atomic E-state index is 13.5. The number of hydrogen-bond donors (Lipinski definition) is 1. The molecule has 0 aliphatic heterocycles. The summed E-state index contributed by atoms with van der Waals surface area (Å²) in [4.78, 5) is 14.5. The van der Waals surface area contributed by atoms with Crippen molar-refractivity contribution < 1.29 is 23.4 Å². The van der Waals surface area contributed by atoms with Gasteiger partial charge in [-0.2, -0.15) is 0 Å². The lowest BCUT2D eigenvalue weighted by molar-refractivity contribution is -0.0379. The number of carboxylic acids is 1. The first-order chi connectivity index (χ1) is 13.9. The lowest BCUT2D eigenvalue weighted by atomic mass is 9.86. The third kappa shape index (κ3) is 6.66. The molecule has 29 heavy (non-hydrogen) atoms. The van der Waals surface area contributed by atoms with Crippen LogP contribution in [0.4, 0.5) is 14.5 Å². The summed E-state index contributed by atoms with van der Waals surface area (Å²) in [6.07, 6.45) is 6.67. The molecule has 1 aromatic heterocycles. The minimum atomic E-state index is -2.62. The van der Waals surface area contributed by atoms with E-state index in [1.807, 2.05) is 6.92 Å². The predicted octanol–water partition coefficient (Wildman–Crippen LogP) is 5.86. The summed E-state index contributed by atoms with van der Waals surface area (Å²) >= 11 is 1.15. The quantitative estimate of drug-likeness (QED) is 0.444. The van der Waals surface area contributed by atoms with Crippen LogP contribution in [0.25, 0.3) is 0 Å². The van der Waals surface area contributed by atoms with Crippen molar-refractivity contribution in [1.29, 1.82) is 0 Å². The Bertz CT molecular complexity index is 914. The van der Waals surface area contributed by atoms with E-state index in [0.29, 0.717) is 25.1 Å². The molecule has 0 aromatic carbocycles. The van der Waals surface area contributed by atoms with Crippen molar-refractivity contribution in [2.45, 2.75) is 44.4 Å². The predicted molar refractivity (Wildman–Crippen MR) is 110 cm³/mol. The third-order valence-electron chi connectivity index (χ3n) is 4.45. The zero-order valence-electron chi connectivity index (χ0n) is 16.4. The molecule has 1 N–H and O–H groups in total. The molecule has 1 aromatic rings. The fourth-order valence-electron chi connectivity index (χ4n) is 3.01. The summed E-state index contributed by atoms with van der Waals surface area (Å²) in [5, 5.41) is 9.67. The van der Waals surface area contributed by atoms with Crippen LogP contribution >= 0.6 is 11.3 Å². The summed E-state index contributed by atoms with van der Waals surface area (Å²) < 4.78 is 31.8. The molecule has 1 saturated carbocycles. The molecule has 0 spiro atoms. The number of anilines is 1. The highest BCUT2D eigenvalue weighted by Crippen LogP contribution is 2.45. The first-order valence-electron chi connectivity index (χ1n) is 9.19. The Morgan fingerprint density at radius 2 is 2.07 bits per heavy atom. The number of methoxy groups -OCH3 is 1. The van der Waals surface area contributed by atoms with E-state index in [-0.39, 0.29) is 23.6 Å². The highest BCUT2D eigenvalue weighted by atomic mass is 32.1. The Labute approximate surface area is 173 Å². The molecule has 1 aliphatic carbocycles. The SMILES string of the molecule is CC=C=C=CCN(C=C=C=COC)c1cc(C2CCC(F)(F)CC2)sc1C(=O)O. The van der Waals surface area contributed by atoms with Gasteiger partial charge in [-0.1, -0.05) is 11.5 Å². The molecule has 1 aliphatic rings. The normalized spacial score (nSPS) is 15.0. The van der Waals surface area contributed by atoms with E-state index < -0.39 is 11.9 Å². The first-order valence-corrected chi connectivity index (χ1v) is 10.0. The number of ether oxygens (including phenoxy) is 1. The minimum Gasteiger partial charge on any atom is -0.496 e. The van der Waals surface area contributed by atoms with E-state index in [0.717, 1.165) is 16.2 Å². The number of thiophene rings is 1. The van der Waals surface area contributed by atoms with Crippen LogP contribution in [0.1, 0.15) is 53.1 Å². The second-order valence-corrected chi connectivity index (χ2v) is 7.59. The molecule has 0 unspecified atom stereocenters. The minimum absolute atomic E-state index is 0.0558. The topological polar surface area (TPSA) is 49.8 Å². The van der Waals surface area contributed by atoms with Gasteiger partial charge in [-0.05, 0) is 55.4 Å². The molecule has 4 nitrogen and oxygen atoms in total. The van der Waals surface area contributed by atoms with Gasteiger partial charge in [0, 0.05) is 24.3 Å². The number of nitrogens with zero attached hydrogens (tertiary/aromatic N) is 1. The Balaban J connectivity index is 2.41. The fraction of sp³-hybridized carbons (Fsp3) is 0.409. The summed E-state index contributed by atoms with van der Waals surface area (Å²) in [7, 11) is 1.48. The van der Waals surface area contributed by atoms with Gasteiger partial charge in [-0.25, -0.2) is 13.6 Å². The van der Waals surface area contributed by atoms with Crippen molar-refractivity contribution in [3.8, 4) is 0 Å². The lowest BCUT2D eigenvalue weighted by Crippen LogP contribution is -2.23. The standard InChI is InChI=1S/C22H23F2NO3S/c1-3-4-5-6-13-25(14-7-8-15-28-2)18-16-19(29-20(18)21(26)27)17-9-11-22(23,24)12-10-17/h3,6,14-17H,9-13H2,1-2H3,(H,26,27). The van der Waals surface area contributed by atoms with Crippen LogP contribution in [0.5, 0.6) is 0 Å². The second-order valence-electron chi connectivity index (χ2n) is 6.50. The third-order valence-corrected chi connectivity index (χ3v) is 5.73. The molecule has 0 radical (unpaired) electrons. The maximum Gasteiger partial charge on any atom is 0.348 e. The van der Waals surface area contributed by atoms with Crippen LogP contribution in [0, 0.1) is 0 Å². The van der Waals surface area contributed by atoms with Gasteiger partial charge in [-0.3, -0.25) is 0 Å².